The molecule has 6 heteroatoms. The molecule has 0 saturated heterocycles. The van der Waals surface area contributed by atoms with Gasteiger partial charge in [0.25, 0.3) is 0 Å². The van der Waals surface area contributed by atoms with Crippen LogP contribution in [0.15, 0.2) is 48.5 Å². The highest BCUT2D eigenvalue weighted by molar-refractivity contribution is 6.04. The molecule has 1 atom stereocenters. The molecule has 1 aliphatic carbocycles. The van der Waals surface area contributed by atoms with Gasteiger partial charge in [0.2, 0.25) is 0 Å². The van der Waals surface area contributed by atoms with Gasteiger partial charge in [0.05, 0.1) is 20.8 Å². The number of rotatable bonds is 7. The number of esters is 1. The number of carbonyl (C=O) groups is 2. The van der Waals surface area contributed by atoms with Crippen molar-refractivity contribution in [2.24, 2.45) is 0 Å². The van der Waals surface area contributed by atoms with Crippen molar-refractivity contribution in [2.45, 2.75) is 32.1 Å². The fraction of sp³-hybridized carbons (Fsp3) is 0.308. The summed E-state index contributed by atoms with van der Waals surface area (Å²) in [4.78, 5) is 29.3. The van der Waals surface area contributed by atoms with Gasteiger partial charge >= 0.3 is 5.97 Å². The summed E-state index contributed by atoms with van der Waals surface area (Å²) in [7, 11) is 3.24. The molecule has 1 N–H and O–H groups in total. The van der Waals surface area contributed by atoms with Crippen molar-refractivity contribution in [1.82, 2.24) is 4.98 Å². The summed E-state index contributed by atoms with van der Waals surface area (Å²) >= 11 is 0. The summed E-state index contributed by atoms with van der Waals surface area (Å²) < 4.78 is 16.0. The normalized spacial score (nSPS) is 15.2. The minimum Gasteiger partial charge on any atom is -0.497 e. The summed E-state index contributed by atoms with van der Waals surface area (Å²) in [5.41, 5.74) is 4.42. The van der Waals surface area contributed by atoms with Crippen molar-refractivity contribution in [1.29, 1.82) is 0 Å². The van der Waals surface area contributed by atoms with Gasteiger partial charge in [-0.1, -0.05) is 30.3 Å². The van der Waals surface area contributed by atoms with Gasteiger partial charge in [0.1, 0.15) is 17.2 Å². The van der Waals surface area contributed by atoms with Crippen LogP contribution in [-0.2, 0) is 17.6 Å². The van der Waals surface area contributed by atoms with Crippen molar-refractivity contribution < 1.29 is 23.8 Å². The van der Waals surface area contributed by atoms with Crippen molar-refractivity contribution in [3.8, 4) is 11.5 Å². The zero-order chi connectivity index (χ0) is 22.7. The van der Waals surface area contributed by atoms with Gasteiger partial charge < -0.3 is 19.2 Å². The third-order valence-electron chi connectivity index (χ3n) is 5.97. The number of hydrogen-bond acceptors (Lipinski definition) is 5. The van der Waals surface area contributed by atoms with Crippen molar-refractivity contribution in [2.75, 3.05) is 20.8 Å². The molecule has 3 aromatic rings. The van der Waals surface area contributed by atoms with Crippen LogP contribution in [-0.4, -0.2) is 37.6 Å². The number of para-hydroxylation sites is 1. The van der Waals surface area contributed by atoms with E-state index < -0.39 is 5.97 Å². The Hall–Kier alpha value is -3.54. The maximum Gasteiger partial charge on any atom is 0.355 e. The number of aromatic nitrogens is 1. The van der Waals surface area contributed by atoms with Gasteiger partial charge in [-0.15, -0.1) is 0 Å². The Balaban J connectivity index is 1.74. The summed E-state index contributed by atoms with van der Waals surface area (Å²) in [5, 5.41) is 0. The summed E-state index contributed by atoms with van der Waals surface area (Å²) in [6, 6.07) is 15.4. The Morgan fingerprint density at radius 1 is 1.03 bits per heavy atom. The van der Waals surface area contributed by atoms with E-state index in [2.05, 4.69) is 4.98 Å². The van der Waals surface area contributed by atoms with E-state index in [4.69, 9.17) is 14.2 Å². The van der Waals surface area contributed by atoms with E-state index in [9.17, 15) is 9.59 Å². The molecule has 1 heterocycles. The Morgan fingerprint density at radius 3 is 2.47 bits per heavy atom. The highest BCUT2D eigenvalue weighted by atomic mass is 16.5. The minimum atomic E-state index is -0.444. The van der Waals surface area contributed by atoms with Crippen LogP contribution in [0, 0.1) is 0 Å². The molecule has 0 bridgehead atoms. The lowest BCUT2D eigenvalue weighted by Crippen LogP contribution is -2.19. The number of hydrogen-bond donors (Lipinski definition) is 1. The third-order valence-corrected chi connectivity index (χ3v) is 5.97. The third kappa shape index (κ3) is 4.13. The lowest BCUT2D eigenvalue weighted by molar-refractivity contribution is 0.0519. The number of carbonyl (C=O) groups excluding carboxylic acids is 2. The average molecular weight is 434 g/mol. The van der Waals surface area contributed by atoms with Crippen LogP contribution < -0.4 is 9.47 Å². The first-order valence-corrected chi connectivity index (χ1v) is 10.8. The molecule has 32 heavy (non-hydrogen) atoms. The number of fused-ring (bicyclic) bond motifs is 1. The molecule has 4 rings (SSSR count). The second-order valence-electron chi connectivity index (χ2n) is 7.84. The average Bonchev–Trinajstić information content (AvgIpc) is 3.18. The molecule has 166 valence electrons. The first-order chi connectivity index (χ1) is 15.5. The van der Waals surface area contributed by atoms with Crippen LogP contribution in [0.2, 0.25) is 0 Å². The van der Waals surface area contributed by atoms with Gasteiger partial charge in [-0.25, -0.2) is 4.79 Å². The van der Waals surface area contributed by atoms with Gasteiger partial charge in [-0.2, -0.15) is 0 Å². The van der Waals surface area contributed by atoms with E-state index in [-0.39, 0.29) is 18.3 Å². The Morgan fingerprint density at radius 2 is 1.78 bits per heavy atom. The number of ketones is 1. The van der Waals surface area contributed by atoms with Gasteiger partial charge in [0.15, 0.2) is 5.78 Å². The molecule has 1 aliphatic rings. The second kappa shape index (κ2) is 9.30. The molecule has 0 unspecified atom stereocenters. The van der Waals surface area contributed by atoms with Gasteiger partial charge in [0, 0.05) is 29.7 Å². The monoisotopic (exact) mass is 433 g/mol. The quantitative estimate of drug-likeness (QED) is 0.546. The van der Waals surface area contributed by atoms with Gasteiger partial charge in [-0.05, 0) is 48.6 Å². The van der Waals surface area contributed by atoms with Gasteiger partial charge in [-0.3, -0.25) is 4.79 Å². The van der Waals surface area contributed by atoms with E-state index in [0.29, 0.717) is 36.1 Å². The zero-order valence-electron chi connectivity index (χ0n) is 18.6. The number of H-pyrrole nitrogens is 1. The number of methoxy groups -OCH3 is 2. The van der Waals surface area contributed by atoms with Crippen molar-refractivity contribution in [3.05, 3.63) is 82.2 Å². The molecule has 0 radical (unpaired) electrons. The molecule has 6 nitrogen and oxygen atoms in total. The molecular formula is C26H27NO5. The summed E-state index contributed by atoms with van der Waals surface area (Å²) in [5.74, 6) is 1.12. The fourth-order valence-electron chi connectivity index (χ4n) is 4.44. The summed E-state index contributed by atoms with van der Waals surface area (Å²) in [6.07, 6.45) is 1.44. The maximum atomic E-state index is 13.3. The predicted octanol–water partition coefficient (Wildman–Crippen LogP) is 4.71. The first kappa shape index (κ1) is 21.7. The predicted molar refractivity (Wildman–Crippen MR) is 121 cm³/mol. The van der Waals surface area contributed by atoms with Crippen LogP contribution in [0.25, 0.3) is 0 Å². The van der Waals surface area contributed by atoms with E-state index in [1.165, 1.54) is 0 Å². The maximum absolute atomic E-state index is 13.3. The Labute approximate surface area is 187 Å². The number of benzene rings is 2. The topological polar surface area (TPSA) is 77.6 Å². The standard InChI is InChI=1S/C26H27NO5/c1-4-32-26(29)25-20(13-17-7-5-6-8-23(17)31-3)24-21(27-25)14-18(15-22(24)28)16-9-11-19(30-2)12-10-16/h5-12,18,27H,4,13-15H2,1-3H3/t18-/m1/s1. The Bertz CT molecular complexity index is 1130. The number of ether oxygens (including phenoxy) is 3. The molecule has 1 aromatic heterocycles. The lowest BCUT2D eigenvalue weighted by atomic mass is 9.80. The molecule has 0 aliphatic heterocycles. The fourth-order valence-corrected chi connectivity index (χ4v) is 4.44. The van der Waals surface area contributed by atoms with Crippen LogP contribution in [0.5, 0.6) is 11.5 Å². The van der Waals surface area contributed by atoms with E-state index in [1.54, 1.807) is 21.1 Å². The van der Waals surface area contributed by atoms with Crippen molar-refractivity contribution in [3.63, 3.8) is 0 Å². The van der Waals surface area contributed by atoms with Crippen LogP contribution in [0.1, 0.15) is 62.5 Å². The lowest BCUT2D eigenvalue weighted by Gasteiger charge is -2.22. The first-order valence-electron chi connectivity index (χ1n) is 10.8. The second-order valence-corrected chi connectivity index (χ2v) is 7.84. The van der Waals surface area contributed by atoms with Crippen molar-refractivity contribution >= 4 is 11.8 Å². The Kier molecular flexibility index (Phi) is 6.30. The van der Waals surface area contributed by atoms with E-state index in [1.807, 2.05) is 48.5 Å². The zero-order valence-corrected chi connectivity index (χ0v) is 18.6. The summed E-state index contributed by atoms with van der Waals surface area (Å²) in [6.45, 7) is 2.03. The highest BCUT2D eigenvalue weighted by Gasteiger charge is 2.34. The van der Waals surface area contributed by atoms with Crippen LogP contribution >= 0.6 is 0 Å². The van der Waals surface area contributed by atoms with E-state index in [0.717, 1.165) is 28.3 Å². The van der Waals surface area contributed by atoms with E-state index >= 15 is 0 Å². The molecule has 0 fully saturated rings. The largest absolute Gasteiger partial charge is 0.497 e. The SMILES string of the molecule is CCOC(=O)c1[nH]c2c(c1Cc1ccccc1OC)C(=O)C[C@H](c1ccc(OC)cc1)C2. The van der Waals surface area contributed by atoms with Crippen LogP contribution in [0.4, 0.5) is 0 Å². The molecule has 0 amide bonds. The number of nitrogens with one attached hydrogen (secondary N) is 1. The molecule has 2 aromatic carbocycles. The number of Topliss-reactive ketones (excluding diaryl/α,β-unsaturated/α-hetero) is 1. The molecule has 0 spiro atoms. The van der Waals surface area contributed by atoms with Crippen LogP contribution in [0.3, 0.4) is 0 Å². The number of aromatic amines is 1. The smallest absolute Gasteiger partial charge is 0.355 e. The molecule has 0 saturated carbocycles. The molecular weight excluding hydrogens is 406 g/mol. The highest BCUT2D eigenvalue weighted by Crippen LogP contribution is 2.37. The minimum absolute atomic E-state index is 0.0313.